The summed E-state index contributed by atoms with van der Waals surface area (Å²) in [5.74, 6) is 0.491. The Bertz CT molecular complexity index is 1100. The summed E-state index contributed by atoms with van der Waals surface area (Å²) in [7, 11) is -3.78. The largest absolute Gasteiger partial charge is 0.405 e. The van der Waals surface area contributed by atoms with Gasteiger partial charge in [-0.3, -0.25) is 4.52 Å². The number of imidazole rings is 1. The van der Waals surface area contributed by atoms with Crippen LogP contribution in [0.4, 0.5) is 10.3 Å². The van der Waals surface area contributed by atoms with Crippen LogP contribution in [0, 0.1) is 5.82 Å². The number of aromatic nitrogens is 2. The van der Waals surface area contributed by atoms with Crippen LogP contribution in [0.2, 0.25) is 0 Å². The van der Waals surface area contributed by atoms with E-state index in [1.54, 1.807) is 16.8 Å². The second-order valence-electron chi connectivity index (χ2n) is 8.32. The third kappa shape index (κ3) is 5.21. The second-order valence-corrected chi connectivity index (χ2v) is 10.1. The maximum absolute atomic E-state index is 13.3. The zero-order valence-corrected chi connectivity index (χ0v) is 19.3. The molecule has 2 heterocycles. The molecule has 172 valence electrons. The molecule has 2 atom stereocenters. The first kappa shape index (κ1) is 22.9. The Morgan fingerprint density at radius 2 is 1.91 bits per heavy atom. The highest BCUT2D eigenvalue weighted by molar-refractivity contribution is 7.50. The quantitative estimate of drug-likeness (QED) is 0.460. The molecule has 1 aliphatic rings. The van der Waals surface area contributed by atoms with Crippen LogP contribution < -0.4 is 5.32 Å². The van der Waals surface area contributed by atoms with Gasteiger partial charge in [0.2, 0.25) is 5.95 Å². The predicted molar refractivity (Wildman–Crippen MR) is 124 cm³/mol. The van der Waals surface area contributed by atoms with E-state index in [0.29, 0.717) is 38.9 Å². The van der Waals surface area contributed by atoms with E-state index in [1.807, 2.05) is 38.1 Å². The topological polar surface area (TPSA) is 79.6 Å². The van der Waals surface area contributed by atoms with Crippen LogP contribution in [-0.2, 0) is 15.6 Å². The van der Waals surface area contributed by atoms with Crippen LogP contribution >= 0.6 is 7.75 Å². The Kier molecular flexibility index (Phi) is 6.96. The molecule has 1 fully saturated rings. The number of hydrogen-bond donors (Lipinski definition) is 2. The minimum absolute atomic E-state index is 0.124. The van der Waals surface area contributed by atoms with Crippen molar-refractivity contribution in [2.45, 2.75) is 51.8 Å². The summed E-state index contributed by atoms with van der Waals surface area (Å²) in [6, 6.07) is 14.5. The standard InChI is InChI=1S/C23H30FN4O3P/c1-3-17(2)31-32(29,30)27-14-12-20(13-15-27)25-23-26-21-6-4-5-7-22(21)28(23)16-18-8-10-19(24)11-9-18/h4-11,17,20H,3,12-16H2,1-2H3,(H,25,26)(H,29,30). The Morgan fingerprint density at radius 1 is 1.22 bits per heavy atom. The number of hydrogen-bond acceptors (Lipinski definition) is 4. The average molecular weight is 460 g/mol. The summed E-state index contributed by atoms with van der Waals surface area (Å²) in [6.07, 6.45) is 1.84. The molecule has 9 heteroatoms. The number of anilines is 1. The molecule has 3 aromatic rings. The molecule has 0 saturated carbocycles. The fraction of sp³-hybridized carbons (Fsp3) is 0.435. The number of nitrogens with zero attached hydrogens (tertiary/aromatic N) is 3. The van der Waals surface area contributed by atoms with Gasteiger partial charge < -0.3 is 14.8 Å². The first-order valence-corrected chi connectivity index (χ1v) is 12.6. The predicted octanol–water partition coefficient (Wildman–Crippen LogP) is 5.02. The second kappa shape index (κ2) is 9.71. The third-order valence-corrected chi connectivity index (χ3v) is 7.71. The van der Waals surface area contributed by atoms with E-state index in [9.17, 15) is 13.8 Å². The zero-order valence-electron chi connectivity index (χ0n) is 18.4. The van der Waals surface area contributed by atoms with Crippen LogP contribution in [-0.4, -0.2) is 44.4 Å². The molecular weight excluding hydrogens is 430 g/mol. The Balaban J connectivity index is 1.48. The summed E-state index contributed by atoms with van der Waals surface area (Å²) in [5.41, 5.74) is 2.87. The molecule has 0 aliphatic carbocycles. The van der Waals surface area contributed by atoms with E-state index in [4.69, 9.17) is 9.51 Å². The first-order valence-electron chi connectivity index (χ1n) is 11.1. The summed E-state index contributed by atoms with van der Waals surface area (Å²) in [6.45, 7) is 5.25. The lowest BCUT2D eigenvalue weighted by atomic mass is 10.1. The minimum atomic E-state index is -3.78. The fourth-order valence-corrected chi connectivity index (χ4v) is 5.43. The molecule has 4 rings (SSSR count). The van der Waals surface area contributed by atoms with Crippen LogP contribution in [0.5, 0.6) is 0 Å². The third-order valence-electron chi connectivity index (χ3n) is 5.96. The number of halogens is 1. The molecule has 0 amide bonds. The molecular formula is C23H30FN4O3P. The number of piperidine rings is 1. The van der Waals surface area contributed by atoms with Crippen molar-refractivity contribution in [3.8, 4) is 0 Å². The number of para-hydroxylation sites is 2. The summed E-state index contributed by atoms with van der Waals surface area (Å²) >= 11 is 0. The summed E-state index contributed by atoms with van der Waals surface area (Å²) in [5, 5.41) is 3.53. The molecule has 2 unspecified atom stereocenters. The van der Waals surface area contributed by atoms with Gasteiger partial charge >= 0.3 is 7.75 Å². The van der Waals surface area contributed by atoms with E-state index in [1.165, 1.54) is 12.1 Å². The van der Waals surface area contributed by atoms with Crippen LogP contribution in [0.1, 0.15) is 38.7 Å². The summed E-state index contributed by atoms with van der Waals surface area (Å²) in [4.78, 5) is 15.1. The first-order chi connectivity index (χ1) is 15.4. The van der Waals surface area contributed by atoms with Gasteiger partial charge in [0.05, 0.1) is 23.7 Å². The number of fused-ring (bicyclic) bond motifs is 1. The average Bonchev–Trinajstić information content (AvgIpc) is 3.12. The lowest BCUT2D eigenvalue weighted by Gasteiger charge is -2.35. The van der Waals surface area contributed by atoms with Gasteiger partial charge in [-0.05, 0) is 56.0 Å². The molecule has 0 radical (unpaired) electrons. The Morgan fingerprint density at radius 3 is 2.59 bits per heavy atom. The smallest absolute Gasteiger partial charge is 0.353 e. The van der Waals surface area contributed by atoms with Crippen molar-refractivity contribution in [3.05, 3.63) is 59.9 Å². The number of rotatable bonds is 8. The van der Waals surface area contributed by atoms with Gasteiger partial charge in [0, 0.05) is 19.1 Å². The monoisotopic (exact) mass is 460 g/mol. The molecule has 2 N–H and O–H groups in total. The molecule has 1 saturated heterocycles. The van der Waals surface area contributed by atoms with E-state index in [2.05, 4.69) is 9.88 Å². The lowest BCUT2D eigenvalue weighted by Crippen LogP contribution is -2.38. The van der Waals surface area contributed by atoms with Gasteiger partial charge in [0.1, 0.15) is 5.82 Å². The number of nitrogens with one attached hydrogen (secondary N) is 1. The van der Waals surface area contributed by atoms with Gasteiger partial charge in [-0.2, -0.15) is 0 Å². The van der Waals surface area contributed by atoms with E-state index in [0.717, 1.165) is 22.5 Å². The van der Waals surface area contributed by atoms with Crippen LogP contribution in [0.3, 0.4) is 0 Å². The normalized spacial score (nSPS) is 18.5. The molecule has 2 aromatic carbocycles. The van der Waals surface area contributed by atoms with Gasteiger partial charge in [0.15, 0.2) is 0 Å². The van der Waals surface area contributed by atoms with Crippen molar-refractivity contribution in [1.29, 1.82) is 0 Å². The molecule has 7 nitrogen and oxygen atoms in total. The zero-order chi connectivity index (χ0) is 22.7. The van der Waals surface area contributed by atoms with Crippen molar-refractivity contribution >= 4 is 24.7 Å². The van der Waals surface area contributed by atoms with Crippen molar-refractivity contribution in [2.75, 3.05) is 18.4 Å². The SMILES string of the molecule is CCC(C)OP(=O)(O)N1CCC(Nc2nc3ccccc3n2Cc2ccc(F)cc2)CC1. The maximum atomic E-state index is 13.3. The van der Waals surface area contributed by atoms with Gasteiger partial charge in [-0.1, -0.05) is 31.2 Å². The highest BCUT2D eigenvalue weighted by atomic mass is 31.2. The van der Waals surface area contributed by atoms with Gasteiger partial charge in [-0.25, -0.2) is 18.6 Å². The van der Waals surface area contributed by atoms with E-state index < -0.39 is 7.75 Å². The Hall–Kier alpha value is -2.25. The van der Waals surface area contributed by atoms with E-state index in [-0.39, 0.29) is 18.0 Å². The van der Waals surface area contributed by atoms with Crippen molar-refractivity contribution in [3.63, 3.8) is 0 Å². The molecule has 0 spiro atoms. The Labute approximate surface area is 187 Å². The fourth-order valence-electron chi connectivity index (χ4n) is 3.94. The maximum Gasteiger partial charge on any atom is 0.405 e. The molecule has 1 aromatic heterocycles. The van der Waals surface area contributed by atoms with Crippen LogP contribution in [0.15, 0.2) is 48.5 Å². The van der Waals surface area contributed by atoms with Crippen LogP contribution in [0.25, 0.3) is 11.0 Å². The van der Waals surface area contributed by atoms with E-state index >= 15 is 0 Å². The molecule has 0 bridgehead atoms. The van der Waals surface area contributed by atoms with Crippen molar-refractivity contribution < 1.29 is 18.4 Å². The molecule has 32 heavy (non-hydrogen) atoms. The summed E-state index contributed by atoms with van der Waals surface area (Å²) < 4.78 is 35.0. The van der Waals surface area contributed by atoms with Crippen molar-refractivity contribution in [2.24, 2.45) is 0 Å². The van der Waals surface area contributed by atoms with Crippen molar-refractivity contribution in [1.82, 2.24) is 14.2 Å². The minimum Gasteiger partial charge on any atom is -0.353 e. The van der Waals surface area contributed by atoms with Gasteiger partial charge in [-0.15, -0.1) is 0 Å². The van der Waals surface area contributed by atoms with Gasteiger partial charge in [0.25, 0.3) is 0 Å². The highest BCUT2D eigenvalue weighted by Gasteiger charge is 2.34. The lowest BCUT2D eigenvalue weighted by molar-refractivity contribution is 0.139. The molecule has 1 aliphatic heterocycles. The number of benzene rings is 2. The highest BCUT2D eigenvalue weighted by Crippen LogP contribution is 2.49.